The molecule has 2 unspecified atom stereocenters. The Labute approximate surface area is 334 Å². The molecular weight excluding hydrogens is 679 g/mol. The highest BCUT2D eigenvalue weighted by Crippen LogP contribution is 2.16. The van der Waals surface area contributed by atoms with Crippen LogP contribution in [-0.4, -0.2) is 80.6 Å². The van der Waals surface area contributed by atoms with Gasteiger partial charge in [0.25, 0.3) is 0 Å². The first-order valence-corrected chi connectivity index (χ1v) is 23.1. The van der Waals surface area contributed by atoms with Gasteiger partial charge in [-0.3, -0.25) is 9.59 Å². The van der Waals surface area contributed by atoms with E-state index in [1.165, 1.54) is 154 Å². The van der Waals surface area contributed by atoms with Crippen LogP contribution in [0.1, 0.15) is 226 Å². The van der Waals surface area contributed by atoms with Gasteiger partial charge in [-0.15, -0.1) is 0 Å². The summed E-state index contributed by atoms with van der Waals surface area (Å²) in [5, 5.41) is 9.61. The molecule has 0 amide bonds. The third-order valence-corrected chi connectivity index (χ3v) is 10.8. The Morgan fingerprint density at radius 3 is 1.15 bits per heavy atom. The van der Waals surface area contributed by atoms with Crippen molar-refractivity contribution in [3.63, 3.8) is 0 Å². The van der Waals surface area contributed by atoms with E-state index in [9.17, 15) is 19.5 Å². The molecule has 0 bridgehead atoms. The Hall–Kier alpha value is -1.67. The van der Waals surface area contributed by atoms with E-state index < -0.39 is 18.1 Å². The second-order valence-corrected chi connectivity index (χ2v) is 17.0. The van der Waals surface area contributed by atoms with E-state index in [-0.39, 0.29) is 36.2 Å². The van der Waals surface area contributed by atoms with Gasteiger partial charge in [0.15, 0.2) is 12.1 Å². The van der Waals surface area contributed by atoms with E-state index in [0.29, 0.717) is 19.3 Å². The van der Waals surface area contributed by atoms with Crippen molar-refractivity contribution in [1.29, 1.82) is 0 Å². The number of carbonyl (C=O) groups excluding carboxylic acids is 2. The van der Waals surface area contributed by atoms with Crippen LogP contribution in [0.25, 0.3) is 0 Å². The normalized spacial score (nSPS) is 12.8. The van der Waals surface area contributed by atoms with Crippen molar-refractivity contribution in [2.75, 3.05) is 41.0 Å². The average molecular weight is 769 g/mol. The second-order valence-electron chi connectivity index (χ2n) is 17.0. The summed E-state index contributed by atoms with van der Waals surface area (Å²) in [5.41, 5.74) is 0. The van der Waals surface area contributed by atoms with Crippen molar-refractivity contribution in [1.82, 2.24) is 0 Å². The number of likely N-dealkylation sites (N-methyl/N-ethyl adjacent to an activating group) is 1. The Morgan fingerprint density at radius 1 is 0.481 bits per heavy atom. The van der Waals surface area contributed by atoms with E-state index in [0.717, 1.165) is 38.5 Å². The van der Waals surface area contributed by atoms with E-state index in [4.69, 9.17) is 14.2 Å². The summed E-state index contributed by atoms with van der Waals surface area (Å²) in [6, 6.07) is -0.607. The van der Waals surface area contributed by atoms with Gasteiger partial charge in [-0.1, -0.05) is 194 Å². The lowest BCUT2D eigenvalue weighted by Gasteiger charge is -2.31. The van der Waals surface area contributed by atoms with Crippen molar-refractivity contribution >= 4 is 17.9 Å². The van der Waals surface area contributed by atoms with Crippen LogP contribution in [0.15, 0.2) is 0 Å². The number of carboxylic acid groups (broad SMARTS) is 1. The van der Waals surface area contributed by atoms with Gasteiger partial charge in [0.05, 0.1) is 34.4 Å². The minimum Gasteiger partial charge on any atom is -0.477 e. The summed E-state index contributed by atoms with van der Waals surface area (Å²) in [6.07, 6.45) is 38.6. The maximum absolute atomic E-state index is 12.7. The largest absolute Gasteiger partial charge is 0.477 e. The zero-order valence-electron chi connectivity index (χ0n) is 36.5. The third kappa shape index (κ3) is 36.0. The molecule has 0 aliphatic rings. The maximum Gasteiger partial charge on any atom is 0.362 e. The summed E-state index contributed by atoms with van der Waals surface area (Å²) in [5.74, 6) is -1.45. The predicted molar refractivity (Wildman–Crippen MR) is 225 cm³/mol. The van der Waals surface area contributed by atoms with Gasteiger partial charge in [-0.2, -0.15) is 0 Å². The van der Waals surface area contributed by atoms with Crippen LogP contribution in [-0.2, 0) is 28.6 Å². The number of carboxylic acids is 1. The molecule has 320 valence electrons. The van der Waals surface area contributed by atoms with Gasteiger partial charge in [-0.25, -0.2) is 4.79 Å². The number of carbonyl (C=O) groups is 3. The van der Waals surface area contributed by atoms with Gasteiger partial charge < -0.3 is 23.8 Å². The average Bonchev–Trinajstić information content (AvgIpc) is 3.12. The minimum atomic E-state index is -0.871. The molecule has 0 aliphatic heterocycles. The summed E-state index contributed by atoms with van der Waals surface area (Å²) >= 11 is 0. The first kappa shape index (κ1) is 52.3. The van der Waals surface area contributed by atoms with Crippen LogP contribution in [0.3, 0.4) is 0 Å². The molecule has 0 aromatic carbocycles. The zero-order valence-corrected chi connectivity index (χ0v) is 36.5. The van der Waals surface area contributed by atoms with E-state index in [1.54, 1.807) is 0 Å². The molecule has 0 heterocycles. The Balaban J connectivity index is 4.16. The first-order valence-electron chi connectivity index (χ1n) is 23.1. The van der Waals surface area contributed by atoms with Crippen molar-refractivity contribution in [3.8, 4) is 0 Å². The molecule has 2 atom stereocenters. The standard InChI is InChI=1S/C46H89NO7/c1-6-8-10-12-14-16-18-19-20-21-22-23-24-25-26-27-29-30-32-34-36-44(48)53-41-42(40-52-39-38-43(46(50)51)47(3,4)5)54-45(49)37-35-33-31-28-17-15-13-11-9-7-2/h42-43H,6-41H2,1-5H3/p+1. The summed E-state index contributed by atoms with van der Waals surface area (Å²) in [4.78, 5) is 36.9. The summed E-state index contributed by atoms with van der Waals surface area (Å²) in [7, 11) is 5.54. The van der Waals surface area contributed by atoms with Crippen molar-refractivity contribution in [2.45, 2.75) is 238 Å². The van der Waals surface area contributed by atoms with Crippen LogP contribution >= 0.6 is 0 Å². The number of unbranched alkanes of at least 4 members (excludes halogenated alkanes) is 28. The molecule has 1 N–H and O–H groups in total. The van der Waals surface area contributed by atoms with Crippen molar-refractivity contribution in [3.05, 3.63) is 0 Å². The number of nitrogens with zero attached hydrogens (tertiary/aromatic N) is 1. The van der Waals surface area contributed by atoms with Gasteiger partial charge in [0.1, 0.15) is 6.61 Å². The molecule has 54 heavy (non-hydrogen) atoms. The maximum atomic E-state index is 12.7. The molecule has 0 spiro atoms. The SMILES string of the molecule is CCCCCCCCCCCCCCCCCCCCCCC(=O)OCC(COCCC(C(=O)O)[N+](C)(C)C)OC(=O)CCCCCCCCCCCC. The topological polar surface area (TPSA) is 99.1 Å². The fourth-order valence-electron chi connectivity index (χ4n) is 7.15. The second kappa shape index (κ2) is 38.2. The lowest BCUT2D eigenvalue weighted by molar-refractivity contribution is -0.887. The Morgan fingerprint density at radius 2 is 0.815 bits per heavy atom. The molecular formula is C46H90NO7+. The molecule has 0 rings (SSSR count). The fraction of sp³-hybridized carbons (Fsp3) is 0.935. The van der Waals surface area contributed by atoms with E-state index >= 15 is 0 Å². The van der Waals surface area contributed by atoms with Gasteiger partial charge in [0, 0.05) is 19.3 Å². The molecule has 8 heteroatoms. The van der Waals surface area contributed by atoms with Crippen LogP contribution in [0, 0.1) is 0 Å². The molecule has 0 aromatic heterocycles. The number of hydrogen-bond donors (Lipinski definition) is 1. The highest BCUT2D eigenvalue weighted by atomic mass is 16.6. The van der Waals surface area contributed by atoms with Crippen molar-refractivity contribution in [2.24, 2.45) is 0 Å². The Bertz CT molecular complexity index is 858. The molecule has 0 radical (unpaired) electrons. The number of quaternary nitrogens is 1. The van der Waals surface area contributed by atoms with E-state index in [2.05, 4.69) is 13.8 Å². The van der Waals surface area contributed by atoms with Gasteiger partial charge in [0.2, 0.25) is 0 Å². The molecule has 0 saturated heterocycles. The first-order chi connectivity index (χ1) is 26.1. The molecule has 0 saturated carbocycles. The lowest BCUT2D eigenvalue weighted by Crippen LogP contribution is -2.50. The number of esters is 2. The van der Waals surface area contributed by atoms with Crippen LogP contribution in [0.5, 0.6) is 0 Å². The Kier molecular flexibility index (Phi) is 37.0. The van der Waals surface area contributed by atoms with E-state index in [1.807, 2.05) is 21.1 Å². The zero-order chi connectivity index (χ0) is 40.0. The molecule has 0 fully saturated rings. The van der Waals surface area contributed by atoms with Gasteiger partial charge in [-0.05, 0) is 12.8 Å². The minimum absolute atomic E-state index is 0.0422. The number of hydrogen-bond acceptors (Lipinski definition) is 6. The smallest absolute Gasteiger partial charge is 0.362 e. The monoisotopic (exact) mass is 769 g/mol. The highest BCUT2D eigenvalue weighted by Gasteiger charge is 2.31. The summed E-state index contributed by atoms with van der Waals surface area (Å²) < 4.78 is 17.3. The number of rotatable bonds is 42. The van der Waals surface area contributed by atoms with Crippen molar-refractivity contribution < 1.29 is 38.2 Å². The highest BCUT2D eigenvalue weighted by molar-refractivity contribution is 5.72. The third-order valence-electron chi connectivity index (χ3n) is 10.8. The van der Waals surface area contributed by atoms with Crippen LogP contribution < -0.4 is 0 Å². The molecule has 8 nitrogen and oxygen atoms in total. The lowest BCUT2D eigenvalue weighted by atomic mass is 10.0. The number of ether oxygens (including phenoxy) is 3. The quantitative estimate of drug-likeness (QED) is 0.0375. The number of aliphatic carboxylic acids is 1. The molecule has 0 aromatic rings. The summed E-state index contributed by atoms with van der Waals surface area (Å²) in [6.45, 7) is 4.76. The molecule has 0 aliphatic carbocycles. The van der Waals surface area contributed by atoms with Crippen LogP contribution in [0.2, 0.25) is 0 Å². The van der Waals surface area contributed by atoms with Crippen LogP contribution in [0.4, 0.5) is 0 Å². The van der Waals surface area contributed by atoms with Gasteiger partial charge >= 0.3 is 17.9 Å². The predicted octanol–water partition coefficient (Wildman–Crippen LogP) is 12.5. The fourth-order valence-corrected chi connectivity index (χ4v) is 7.15.